The standard InChI is InChI=1S/C26H33FN4O3/c1-33-20-8-5-17(6-9-20)26(32)31-15-18-4-3-12-28-25(18)29-22-10-7-19(14-23(22)31)30-13-11-21(27)24(16-30)34-2/h3-4,7,10,12,14,17,20-21,24H,5-6,8-9,11,13,15-16H2,1-2H3,(H,28,29)/t17-,20-,21-,24+/m1/s1. The lowest BCUT2D eigenvalue weighted by atomic mass is 9.86. The summed E-state index contributed by atoms with van der Waals surface area (Å²) in [5.41, 5.74) is 3.64. The third-order valence-corrected chi connectivity index (χ3v) is 7.51. The number of amides is 1. The van der Waals surface area contributed by atoms with E-state index >= 15 is 0 Å². The third kappa shape index (κ3) is 4.49. The number of carbonyl (C=O) groups is 1. The van der Waals surface area contributed by atoms with Crippen molar-refractivity contribution < 1.29 is 18.7 Å². The predicted molar refractivity (Wildman–Crippen MR) is 130 cm³/mol. The number of methoxy groups -OCH3 is 2. The quantitative estimate of drug-likeness (QED) is 0.716. The summed E-state index contributed by atoms with van der Waals surface area (Å²) in [6, 6.07) is 10.00. The topological polar surface area (TPSA) is 66.9 Å². The summed E-state index contributed by atoms with van der Waals surface area (Å²) in [5.74, 6) is 0.887. The van der Waals surface area contributed by atoms with E-state index in [4.69, 9.17) is 9.47 Å². The molecule has 0 radical (unpaired) electrons. The lowest BCUT2D eigenvalue weighted by molar-refractivity contribution is -0.124. The summed E-state index contributed by atoms with van der Waals surface area (Å²) in [6.45, 7) is 1.56. The second-order valence-corrected chi connectivity index (χ2v) is 9.50. The molecule has 1 saturated carbocycles. The maximum atomic E-state index is 14.2. The van der Waals surface area contributed by atoms with Crippen LogP contribution in [0.1, 0.15) is 37.7 Å². The molecule has 1 amide bonds. The van der Waals surface area contributed by atoms with Gasteiger partial charge < -0.3 is 24.6 Å². The number of ether oxygens (including phenoxy) is 2. The van der Waals surface area contributed by atoms with Gasteiger partial charge in [0, 0.05) is 50.7 Å². The molecule has 1 aromatic heterocycles. The molecule has 8 heteroatoms. The van der Waals surface area contributed by atoms with E-state index in [0.29, 0.717) is 26.1 Å². The summed E-state index contributed by atoms with van der Waals surface area (Å²) in [7, 11) is 3.31. The molecule has 5 rings (SSSR count). The van der Waals surface area contributed by atoms with E-state index in [1.54, 1.807) is 20.4 Å². The molecule has 1 aliphatic carbocycles. The summed E-state index contributed by atoms with van der Waals surface area (Å²) >= 11 is 0. The maximum Gasteiger partial charge on any atom is 0.230 e. The molecule has 0 spiro atoms. The molecule has 3 heterocycles. The van der Waals surface area contributed by atoms with Gasteiger partial charge in [-0.05, 0) is 56.4 Å². The number of aromatic nitrogens is 1. The number of fused-ring (bicyclic) bond motifs is 2. The van der Waals surface area contributed by atoms with Gasteiger partial charge in [-0.1, -0.05) is 6.07 Å². The molecule has 1 saturated heterocycles. The minimum absolute atomic E-state index is 0.0266. The van der Waals surface area contributed by atoms with Crippen LogP contribution in [0.15, 0.2) is 36.5 Å². The van der Waals surface area contributed by atoms with Crippen LogP contribution < -0.4 is 15.1 Å². The Kier molecular flexibility index (Phi) is 6.70. The zero-order valence-electron chi connectivity index (χ0n) is 19.9. The average Bonchev–Trinajstić information content (AvgIpc) is 3.05. The van der Waals surface area contributed by atoms with Crippen LogP contribution in [0, 0.1) is 5.92 Å². The van der Waals surface area contributed by atoms with Gasteiger partial charge in [0.25, 0.3) is 0 Å². The maximum absolute atomic E-state index is 14.2. The lowest BCUT2D eigenvalue weighted by Crippen LogP contribution is -2.46. The van der Waals surface area contributed by atoms with Crippen molar-refractivity contribution in [2.75, 3.05) is 42.4 Å². The van der Waals surface area contributed by atoms with Crippen molar-refractivity contribution in [3.8, 4) is 0 Å². The number of piperidine rings is 1. The Bertz CT molecular complexity index is 1030. The van der Waals surface area contributed by atoms with Gasteiger partial charge in [-0.3, -0.25) is 4.79 Å². The zero-order chi connectivity index (χ0) is 23.7. The van der Waals surface area contributed by atoms with E-state index in [-0.39, 0.29) is 17.9 Å². The molecule has 2 atom stereocenters. The molecule has 2 fully saturated rings. The van der Waals surface area contributed by atoms with Crippen molar-refractivity contribution in [3.63, 3.8) is 0 Å². The first-order chi connectivity index (χ1) is 16.6. The molecule has 0 unspecified atom stereocenters. The number of pyridine rings is 1. The molecule has 7 nitrogen and oxygen atoms in total. The highest BCUT2D eigenvalue weighted by atomic mass is 19.1. The molecule has 1 aromatic carbocycles. The largest absolute Gasteiger partial charge is 0.381 e. The fraction of sp³-hybridized carbons (Fsp3) is 0.538. The summed E-state index contributed by atoms with van der Waals surface area (Å²) in [6.07, 6.45) is 4.49. The first-order valence-electron chi connectivity index (χ1n) is 12.2. The number of hydrogen-bond donors (Lipinski definition) is 1. The van der Waals surface area contributed by atoms with E-state index < -0.39 is 12.3 Å². The number of anilines is 4. The SMILES string of the molecule is CO[C@H]1CN(c2ccc3c(c2)N(C(=O)[C@H]2CC[C@H](OC)CC2)Cc2cccnc2N3)CC[C@H]1F. The van der Waals surface area contributed by atoms with Gasteiger partial charge in [0.2, 0.25) is 5.91 Å². The Labute approximate surface area is 200 Å². The Morgan fingerprint density at radius 1 is 1.12 bits per heavy atom. The molecule has 34 heavy (non-hydrogen) atoms. The Balaban J connectivity index is 1.47. The molecular formula is C26H33FN4O3. The van der Waals surface area contributed by atoms with Gasteiger partial charge in [-0.15, -0.1) is 0 Å². The number of rotatable bonds is 4. The minimum atomic E-state index is -0.954. The van der Waals surface area contributed by atoms with Crippen molar-refractivity contribution in [1.29, 1.82) is 0 Å². The molecule has 1 N–H and O–H groups in total. The number of hydrogen-bond acceptors (Lipinski definition) is 6. The first-order valence-corrected chi connectivity index (χ1v) is 12.2. The van der Waals surface area contributed by atoms with Gasteiger partial charge in [-0.2, -0.15) is 0 Å². The van der Waals surface area contributed by atoms with Crippen molar-refractivity contribution in [3.05, 3.63) is 42.1 Å². The summed E-state index contributed by atoms with van der Waals surface area (Å²) in [5, 5.41) is 3.44. The predicted octanol–water partition coefficient (Wildman–Crippen LogP) is 4.44. The minimum Gasteiger partial charge on any atom is -0.381 e. The number of nitrogens with zero attached hydrogens (tertiary/aromatic N) is 3. The lowest BCUT2D eigenvalue weighted by Gasteiger charge is -2.36. The fourth-order valence-electron chi connectivity index (χ4n) is 5.41. The van der Waals surface area contributed by atoms with Gasteiger partial charge in [0.15, 0.2) is 0 Å². The van der Waals surface area contributed by atoms with Gasteiger partial charge in [0.05, 0.1) is 24.0 Å². The van der Waals surface area contributed by atoms with Crippen LogP contribution in [0.4, 0.5) is 27.3 Å². The molecular weight excluding hydrogens is 435 g/mol. The third-order valence-electron chi connectivity index (χ3n) is 7.51. The Hall–Kier alpha value is -2.71. The number of halogens is 1. The van der Waals surface area contributed by atoms with E-state index in [0.717, 1.165) is 54.1 Å². The van der Waals surface area contributed by atoms with E-state index in [9.17, 15) is 9.18 Å². The molecule has 2 aliphatic heterocycles. The van der Waals surface area contributed by atoms with Gasteiger partial charge >= 0.3 is 0 Å². The highest BCUT2D eigenvalue weighted by Gasteiger charge is 2.34. The van der Waals surface area contributed by atoms with Crippen LogP contribution in [0.5, 0.6) is 0 Å². The van der Waals surface area contributed by atoms with Crippen LogP contribution in [-0.4, -0.2) is 56.6 Å². The van der Waals surface area contributed by atoms with Crippen LogP contribution in [0.3, 0.4) is 0 Å². The number of benzene rings is 1. The molecule has 2 aromatic rings. The summed E-state index contributed by atoms with van der Waals surface area (Å²) in [4.78, 5) is 22.4. The zero-order valence-corrected chi connectivity index (χ0v) is 19.9. The molecule has 182 valence electrons. The second-order valence-electron chi connectivity index (χ2n) is 9.50. The van der Waals surface area contributed by atoms with Crippen molar-refractivity contribution in [2.24, 2.45) is 5.92 Å². The smallest absolute Gasteiger partial charge is 0.230 e. The Morgan fingerprint density at radius 3 is 2.71 bits per heavy atom. The number of nitrogens with one attached hydrogen (secondary N) is 1. The van der Waals surface area contributed by atoms with Crippen LogP contribution in [-0.2, 0) is 20.8 Å². The number of alkyl halides is 1. The highest BCUT2D eigenvalue weighted by molar-refractivity contribution is 6.00. The van der Waals surface area contributed by atoms with Gasteiger partial charge in [-0.25, -0.2) is 9.37 Å². The highest BCUT2D eigenvalue weighted by Crippen LogP contribution is 2.40. The monoisotopic (exact) mass is 468 g/mol. The van der Waals surface area contributed by atoms with E-state index in [2.05, 4.69) is 21.3 Å². The fourth-order valence-corrected chi connectivity index (χ4v) is 5.41. The van der Waals surface area contributed by atoms with Crippen LogP contribution in [0.2, 0.25) is 0 Å². The molecule has 3 aliphatic rings. The summed E-state index contributed by atoms with van der Waals surface area (Å²) < 4.78 is 25.1. The van der Waals surface area contributed by atoms with Crippen molar-refractivity contribution >= 4 is 28.8 Å². The van der Waals surface area contributed by atoms with Crippen molar-refractivity contribution in [1.82, 2.24) is 4.98 Å². The number of carbonyl (C=O) groups excluding carboxylic acids is 1. The van der Waals surface area contributed by atoms with E-state index in [1.807, 2.05) is 29.2 Å². The Morgan fingerprint density at radius 2 is 1.94 bits per heavy atom. The van der Waals surface area contributed by atoms with Crippen molar-refractivity contribution in [2.45, 2.75) is 57.0 Å². The normalized spacial score (nSPS) is 26.8. The van der Waals surface area contributed by atoms with Crippen LogP contribution in [0.25, 0.3) is 0 Å². The molecule has 0 bridgehead atoms. The first kappa shape index (κ1) is 23.1. The second kappa shape index (κ2) is 9.88. The van der Waals surface area contributed by atoms with Gasteiger partial charge in [0.1, 0.15) is 18.1 Å². The average molecular weight is 469 g/mol. The van der Waals surface area contributed by atoms with Crippen LogP contribution >= 0.6 is 0 Å². The van der Waals surface area contributed by atoms with E-state index in [1.165, 1.54) is 0 Å².